The number of hydrogen-bond donors (Lipinski definition) is 2. The number of halogens is 4. The van der Waals surface area contributed by atoms with Gasteiger partial charge >= 0.3 is 5.51 Å². The number of carbonyl (C=O) groups excluding carboxylic acids is 1. The fourth-order valence-electron chi connectivity index (χ4n) is 2.00. The Kier molecular flexibility index (Phi) is 5.59. The molecule has 2 aromatic rings. The maximum Gasteiger partial charge on any atom is 0.501 e. The maximum absolute atomic E-state index is 13.3. The molecule has 1 atom stereocenters. The van der Waals surface area contributed by atoms with Crippen LogP contribution in [0.4, 0.5) is 23.2 Å². The van der Waals surface area contributed by atoms with Crippen LogP contribution in [-0.4, -0.2) is 25.9 Å². The van der Waals surface area contributed by atoms with Crippen molar-refractivity contribution in [1.29, 1.82) is 0 Å². The van der Waals surface area contributed by atoms with E-state index in [0.29, 0.717) is 5.76 Å². The van der Waals surface area contributed by atoms with Crippen LogP contribution in [0, 0.1) is 5.82 Å². The summed E-state index contributed by atoms with van der Waals surface area (Å²) in [6.07, 6.45) is 1.40. The molecule has 6 nitrogen and oxygen atoms in total. The molecular weight excluding hydrogens is 380 g/mol. The fourth-order valence-corrected chi connectivity index (χ4v) is 2.94. The van der Waals surface area contributed by atoms with Crippen LogP contribution in [0.3, 0.4) is 0 Å². The van der Waals surface area contributed by atoms with Crippen LogP contribution in [0.5, 0.6) is 0 Å². The molecule has 1 aromatic heterocycles. The summed E-state index contributed by atoms with van der Waals surface area (Å²) in [4.78, 5) is 10.7. The van der Waals surface area contributed by atoms with E-state index in [1.54, 1.807) is 12.1 Å². The van der Waals surface area contributed by atoms with E-state index >= 15 is 0 Å². The summed E-state index contributed by atoms with van der Waals surface area (Å²) >= 11 is 0. The van der Waals surface area contributed by atoms with Crippen molar-refractivity contribution in [1.82, 2.24) is 5.32 Å². The van der Waals surface area contributed by atoms with E-state index in [4.69, 9.17) is 4.42 Å². The normalized spacial score (nSPS) is 13.3. The highest BCUT2D eigenvalue weighted by molar-refractivity contribution is 7.92. The maximum atomic E-state index is 13.3. The second-order valence-electron chi connectivity index (χ2n) is 5.25. The van der Waals surface area contributed by atoms with E-state index in [2.05, 4.69) is 10.6 Å². The third kappa shape index (κ3) is 4.34. The third-order valence-electron chi connectivity index (χ3n) is 3.32. The number of amides is 1. The molecule has 0 bridgehead atoms. The van der Waals surface area contributed by atoms with Gasteiger partial charge in [0.25, 0.3) is 9.84 Å². The van der Waals surface area contributed by atoms with Gasteiger partial charge in [-0.2, -0.15) is 13.2 Å². The van der Waals surface area contributed by atoms with Crippen LogP contribution < -0.4 is 10.6 Å². The van der Waals surface area contributed by atoms with Crippen molar-refractivity contribution in [3.8, 4) is 0 Å². The highest BCUT2D eigenvalue weighted by atomic mass is 32.2. The molecule has 0 aliphatic rings. The zero-order chi connectivity index (χ0) is 19.5. The lowest BCUT2D eigenvalue weighted by Crippen LogP contribution is -2.37. The summed E-state index contributed by atoms with van der Waals surface area (Å²) < 4.78 is 79.9. The number of sulfone groups is 1. The molecule has 142 valence electrons. The smallest absolute Gasteiger partial charge is 0.467 e. The third-order valence-corrected chi connectivity index (χ3v) is 4.85. The summed E-state index contributed by atoms with van der Waals surface area (Å²) in [6.45, 7) is 1.35. The molecule has 0 spiro atoms. The zero-order valence-corrected chi connectivity index (χ0v) is 14.1. The van der Waals surface area contributed by atoms with Crippen LogP contribution >= 0.6 is 0 Å². The van der Waals surface area contributed by atoms with Crippen LogP contribution in [0.1, 0.15) is 12.7 Å². The van der Waals surface area contributed by atoms with Crippen molar-refractivity contribution in [2.45, 2.75) is 29.9 Å². The predicted octanol–water partition coefficient (Wildman–Crippen LogP) is 2.83. The Labute approximate surface area is 146 Å². The standard InChI is InChI=1S/C15H14F4N2O4S/c1-9(14(22)20-8-11-3-2-6-25-11)21-12-5-4-10(16)7-13(12)26(23,24)15(17,18)19/h2-7,9,21H,8H2,1H3,(H,20,22). The van der Waals surface area contributed by atoms with Gasteiger partial charge in [0.2, 0.25) is 5.91 Å². The molecule has 1 amide bonds. The zero-order valence-electron chi connectivity index (χ0n) is 13.3. The fraction of sp³-hybridized carbons (Fsp3) is 0.267. The quantitative estimate of drug-likeness (QED) is 0.736. The van der Waals surface area contributed by atoms with E-state index in [0.717, 1.165) is 12.1 Å². The largest absolute Gasteiger partial charge is 0.501 e. The lowest BCUT2D eigenvalue weighted by Gasteiger charge is -2.18. The highest BCUT2D eigenvalue weighted by Crippen LogP contribution is 2.35. The molecule has 0 aliphatic carbocycles. The molecule has 0 fully saturated rings. The van der Waals surface area contributed by atoms with Crippen molar-refractivity contribution < 1.29 is 35.2 Å². The van der Waals surface area contributed by atoms with Gasteiger partial charge < -0.3 is 15.1 Å². The Morgan fingerprint density at radius 3 is 2.54 bits per heavy atom. The number of nitrogens with one attached hydrogen (secondary N) is 2. The second kappa shape index (κ2) is 7.36. The SMILES string of the molecule is CC(Nc1ccc(F)cc1S(=O)(=O)C(F)(F)F)C(=O)NCc1ccco1. The van der Waals surface area contributed by atoms with Crippen molar-refractivity contribution in [3.63, 3.8) is 0 Å². The first-order valence-corrected chi connectivity index (χ1v) is 8.68. The Morgan fingerprint density at radius 2 is 1.96 bits per heavy atom. The average molecular weight is 394 g/mol. The number of carbonyl (C=O) groups is 1. The molecule has 0 aliphatic heterocycles. The molecule has 2 N–H and O–H groups in total. The Bertz CT molecular complexity index is 880. The van der Waals surface area contributed by atoms with Crippen molar-refractivity contribution in [3.05, 3.63) is 48.2 Å². The molecule has 1 unspecified atom stereocenters. The molecule has 1 heterocycles. The van der Waals surface area contributed by atoms with Gasteiger partial charge in [-0.1, -0.05) is 0 Å². The molecule has 26 heavy (non-hydrogen) atoms. The highest BCUT2D eigenvalue weighted by Gasteiger charge is 2.48. The number of anilines is 1. The number of hydrogen-bond acceptors (Lipinski definition) is 5. The molecule has 0 saturated carbocycles. The minimum Gasteiger partial charge on any atom is -0.467 e. The van der Waals surface area contributed by atoms with E-state index in [9.17, 15) is 30.8 Å². The minimum atomic E-state index is -5.80. The monoisotopic (exact) mass is 394 g/mol. The van der Waals surface area contributed by atoms with Crippen molar-refractivity contribution in [2.24, 2.45) is 0 Å². The molecular formula is C15H14F4N2O4S. The van der Waals surface area contributed by atoms with E-state index < -0.39 is 43.7 Å². The number of rotatable bonds is 6. The van der Waals surface area contributed by atoms with E-state index in [1.807, 2.05) is 0 Å². The van der Waals surface area contributed by atoms with Gasteiger partial charge in [-0.25, -0.2) is 12.8 Å². The lowest BCUT2D eigenvalue weighted by molar-refractivity contribution is -0.121. The Balaban J connectivity index is 2.19. The first kappa shape index (κ1) is 19.8. The Hall–Kier alpha value is -2.56. The summed E-state index contributed by atoms with van der Waals surface area (Å²) in [5.41, 5.74) is -6.15. The molecule has 2 rings (SSSR count). The second-order valence-corrected chi connectivity index (χ2v) is 7.16. The van der Waals surface area contributed by atoms with Crippen molar-refractivity contribution in [2.75, 3.05) is 5.32 Å². The van der Waals surface area contributed by atoms with Gasteiger partial charge in [-0.3, -0.25) is 4.79 Å². The lowest BCUT2D eigenvalue weighted by atomic mass is 10.2. The first-order valence-electron chi connectivity index (χ1n) is 7.20. The van der Waals surface area contributed by atoms with Crippen LogP contribution in [-0.2, 0) is 21.2 Å². The Morgan fingerprint density at radius 1 is 1.27 bits per heavy atom. The summed E-state index contributed by atoms with van der Waals surface area (Å²) in [6, 6.07) is 3.97. The van der Waals surface area contributed by atoms with Gasteiger partial charge in [-0.05, 0) is 37.3 Å². The van der Waals surface area contributed by atoms with E-state index in [-0.39, 0.29) is 12.6 Å². The average Bonchev–Trinajstić information content (AvgIpc) is 3.06. The number of alkyl halides is 3. The summed E-state index contributed by atoms with van der Waals surface area (Å²) in [7, 11) is -5.80. The molecule has 0 radical (unpaired) electrons. The van der Waals surface area contributed by atoms with Crippen molar-refractivity contribution >= 4 is 21.4 Å². The van der Waals surface area contributed by atoms with Crippen LogP contribution in [0.25, 0.3) is 0 Å². The van der Waals surface area contributed by atoms with Gasteiger partial charge in [0.1, 0.15) is 22.5 Å². The number of benzene rings is 1. The molecule has 11 heteroatoms. The summed E-state index contributed by atoms with van der Waals surface area (Å²) in [5, 5.41) is 4.82. The topological polar surface area (TPSA) is 88.4 Å². The van der Waals surface area contributed by atoms with Gasteiger partial charge in [0, 0.05) is 0 Å². The van der Waals surface area contributed by atoms with Crippen LogP contribution in [0.15, 0.2) is 45.9 Å². The van der Waals surface area contributed by atoms with Gasteiger partial charge in [-0.15, -0.1) is 0 Å². The first-order chi connectivity index (χ1) is 12.0. The molecule has 0 saturated heterocycles. The molecule has 1 aromatic carbocycles. The van der Waals surface area contributed by atoms with E-state index in [1.165, 1.54) is 13.2 Å². The van der Waals surface area contributed by atoms with Crippen LogP contribution in [0.2, 0.25) is 0 Å². The summed E-state index contributed by atoms with van der Waals surface area (Å²) in [5.74, 6) is -1.33. The minimum absolute atomic E-state index is 0.0367. The van der Waals surface area contributed by atoms with Gasteiger partial charge in [0.05, 0.1) is 18.5 Å². The predicted molar refractivity (Wildman–Crippen MR) is 83.3 cm³/mol. The number of furan rings is 1. The van der Waals surface area contributed by atoms with Gasteiger partial charge in [0.15, 0.2) is 0 Å².